The first-order chi connectivity index (χ1) is 10.9. The quantitative estimate of drug-likeness (QED) is 0.704. The van der Waals surface area contributed by atoms with E-state index >= 15 is 0 Å². The molecule has 0 atom stereocenters. The van der Waals surface area contributed by atoms with Crippen LogP contribution in [0.2, 0.25) is 0 Å². The van der Waals surface area contributed by atoms with Crippen molar-refractivity contribution < 1.29 is 9.47 Å². The summed E-state index contributed by atoms with van der Waals surface area (Å²) in [5, 5.41) is 6.60. The van der Waals surface area contributed by atoms with Gasteiger partial charge in [0, 0.05) is 32.8 Å². The van der Waals surface area contributed by atoms with Gasteiger partial charge in [-0.2, -0.15) is 0 Å². The Balaban J connectivity index is 0.00000192. The van der Waals surface area contributed by atoms with Gasteiger partial charge in [-0.15, -0.1) is 24.0 Å². The maximum atomic E-state index is 5.94. The zero-order valence-electron chi connectivity index (χ0n) is 13.4. The lowest BCUT2D eigenvalue weighted by molar-refractivity contribution is -0.0390. The molecule has 23 heavy (non-hydrogen) atoms. The zero-order valence-corrected chi connectivity index (χ0v) is 15.8. The highest BCUT2D eigenvalue weighted by Gasteiger charge is 2.13. The van der Waals surface area contributed by atoms with E-state index in [9.17, 15) is 0 Å². The number of guanidine groups is 1. The number of benzene rings is 1. The molecular weight excluding hydrogens is 405 g/mol. The van der Waals surface area contributed by atoms with Gasteiger partial charge >= 0.3 is 0 Å². The normalized spacial score (nSPS) is 18.5. The van der Waals surface area contributed by atoms with E-state index in [1.165, 1.54) is 11.1 Å². The number of hydrogen-bond acceptors (Lipinski definition) is 5. The molecule has 2 aliphatic heterocycles. The average molecular weight is 431 g/mol. The Labute approximate surface area is 155 Å². The minimum Gasteiger partial charge on any atom is -0.381 e. The minimum atomic E-state index is 0. The molecule has 3 rings (SSSR count). The maximum Gasteiger partial charge on any atom is 0.191 e. The Kier molecular flexibility index (Phi) is 8.11. The van der Waals surface area contributed by atoms with Crippen LogP contribution in [-0.2, 0) is 22.6 Å². The van der Waals surface area contributed by atoms with Gasteiger partial charge in [0.2, 0.25) is 0 Å². The Morgan fingerprint density at radius 2 is 1.91 bits per heavy atom. The molecule has 0 saturated carbocycles. The van der Waals surface area contributed by atoms with Crippen molar-refractivity contribution in [1.29, 1.82) is 0 Å². The van der Waals surface area contributed by atoms with Crippen molar-refractivity contribution in [3.8, 4) is 0 Å². The SMILES string of the molecule is I.c1cc(COC2CCOCC2)ccc1CNC1=NCCCN1. The van der Waals surface area contributed by atoms with Gasteiger partial charge in [0.25, 0.3) is 0 Å². The minimum absolute atomic E-state index is 0. The van der Waals surface area contributed by atoms with Gasteiger partial charge in [0.1, 0.15) is 0 Å². The fourth-order valence-electron chi connectivity index (χ4n) is 2.65. The first-order valence-corrected chi connectivity index (χ1v) is 8.19. The van der Waals surface area contributed by atoms with Crippen molar-refractivity contribution in [2.24, 2.45) is 4.99 Å². The zero-order chi connectivity index (χ0) is 15.0. The van der Waals surface area contributed by atoms with E-state index in [1.54, 1.807) is 0 Å². The van der Waals surface area contributed by atoms with Gasteiger partial charge < -0.3 is 20.1 Å². The molecule has 1 aromatic carbocycles. The fraction of sp³-hybridized carbons (Fsp3) is 0.588. The Morgan fingerprint density at radius 3 is 2.61 bits per heavy atom. The van der Waals surface area contributed by atoms with Crippen LogP contribution in [0.1, 0.15) is 30.4 Å². The summed E-state index contributed by atoms with van der Waals surface area (Å²) in [7, 11) is 0. The summed E-state index contributed by atoms with van der Waals surface area (Å²) in [6.07, 6.45) is 3.49. The molecule has 0 unspecified atom stereocenters. The molecule has 0 bridgehead atoms. The Bertz CT molecular complexity index is 487. The molecule has 1 saturated heterocycles. The number of nitrogens with one attached hydrogen (secondary N) is 2. The second-order valence-electron chi connectivity index (χ2n) is 5.80. The second-order valence-corrected chi connectivity index (χ2v) is 5.80. The summed E-state index contributed by atoms with van der Waals surface area (Å²) in [5.41, 5.74) is 2.48. The van der Waals surface area contributed by atoms with Crippen LogP contribution in [0.3, 0.4) is 0 Å². The van der Waals surface area contributed by atoms with Gasteiger partial charge in [-0.1, -0.05) is 24.3 Å². The van der Waals surface area contributed by atoms with Crippen LogP contribution < -0.4 is 10.6 Å². The van der Waals surface area contributed by atoms with Crippen LogP contribution in [0.25, 0.3) is 0 Å². The lowest BCUT2D eigenvalue weighted by atomic mass is 10.1. The number of halogens is 1. The highest BCUT2D eigenvalue weighted by molar-refractivity contribution is 14.0. The number of hydrogen-bond donors (Lipinski definition) is 2. The molecule has 0 spiro atoms. The van der Waals surface area contributed by atoms with Crippen LogP contribution in [-0.4, -0.2) is 38.4 Å². The van der Waals surface area contributed by atoms with Crippen LogP contribution in [0.5, 0.6) is 0 Å². The van der Waals surface area contributed by atoms with Crippen molar-refractivity contribution in [3.05, 3.63) is 35.4 Å². The summed E-state index contributed by atoms with van der Waals surface area (Å²) >= 11 is 0. The van der Waals surface area contributed by atoms with E-state index in [4.69, 9.17) is 9.47 Å². The lowest BCUT2D eigenvalue weighted by Crippen LogP contribution is -2.40. The van der Waals surface area contributed by atoms with E-state index in [2.05, 4.69) is 39.9 Å². The number of ether oxygens (including phenoxy) is 2. The first kappa shape index (κ1) is 18.5. The highest BCUT2D eigenvalue weighted by atomic mass is 127. The maximum absolute atomic E-state index is 5.94. The van der Waals surface area contributed by atoms with Crippen LogP contribution in [0, 0.1) is 0 Å². The molecule has 0 aliphatic carbocycles. The van der Waals surface area contributed by atoms with E-state index in [0.29, 0.717) is 12.7 Å². The molecule has 1 fully saturated rings. The van der Waals surface area contributed by atoms with Gasteiger partial charge in [-0.25, -0.2) is 0 Å². The van der Waals surface area contributed by atoms with Gasteiger partial charge in [0.05, 0.1) is 12.7 Å². The lowest BCUT2D eigenvalue weighted by Gasteiger charge is -2.22. The summed E-state index contributed by atoms with van der Waals surface area (Å²) < 4.78 is 11.3. The van der Waals surface area contributed by atoms with E-state index in [0.717, 1.165) is 58.1 Å². The smallest absolute Gasteiger partial charge is 0.191 e. The molecule has 1 aromatic rings. The molecule has 2 heterocycles. The molecule has 0 amide bonds. The van der Waals surface area contributed by atoms with Gasteiger partial charge in [-0.05, 0) is 30.4 Å². The molecule has 0 aromatic heterocycles. The third-order valence-electron chi connectivity index (χ3n) is 4.03. The molecule has 5 nitrogen and oxygen atoms in total. The predicted octanol–water partition coefficient (Wildman–Crippen LogP) is 2.44. The van der Waals surface area contributed by atoms with Crippen LogP contribution in [0.15, 0.2) is 29.3 Å². The van der Waals surface area contributed by atoms with Crippen molar-refractivity contribution in [2.45, 2.75) is 38.5 Å². The fourth-order valence-corrected chi connectivity index (χ4v) is 2.65. The Hall–Kier alpha value is -0.860. The van der Waals surface area contributed by atoms with Crippen molar-refractivity contribution >= 4 is 29.9 Å². The third-order valence-corrected chi connectivity index (χ3v) is 4.03. The topological polar surface area (TPSA) is 54.9 Å². The van der Waals surface area contributed by atoms with Gasteiger partial charge in [-0.3, -0.25) is 4.99 Å². The number of rotatable bonds is 5. The summed E-state index contributed by atoms with van der Waals surface area (Å²) in [4.78, 5) is 4.41. The molecule has 128 valence electrons. The van der Waals surface area contributed by atoms with E-state index < -0.39 is 0 Å². The Morgan fingerprint density at radius 1 is 1.17 bits per heavy atom. The van der Waals surface area contributed by atoms with Gasteiger partial charge in [0.15, 0.2) is 5.96 Å². The molecule has 6 heteroatoms. The third kappa shape index (κ3) is 6.27. The first-order valence-electron chi connectivity index (χ1n) is 8.19. The summed E-state index contributed by atoms with van der Waals surface area (Å²) in [5.74, 6) is 0.915. The standard InChI is InChI=1S/C17H25N3O2.HI/c1-8-18-17(19-9-1)20-12-14-2-4-15(5-3-14)13-22-16-6-10-21-11-7-16;/h2-5,16H,1,6-13H2,(H2,18,19,20);1H. The number of aliphatic imine (C=N–C) groups is 1. The van der Waals surface area contributed by atoms with Crippen molar-refractivity contribution in [1.82, 2.24) is 10.6 Å². The molecular formula is C17H26IN3O2. The molecule has 2 aliphatic rings. The van der Waals surface area contributed by atoms with Crippen molar-refractivity contribution in [3.63, 3.8) is 0 Å². The molecule has 2 N–H and O–H groups in total. The molecule has 0 radical (unpaired) electrons. The summed E-state index contributed by atoms with van der Waals surface area (Å²) in [6, 6.07) is 8.59. The number of nitrogens with zero attached hydrogens (tertiary/aromatic N) is 1. The van der Waals surface area contributed by atoms with E-state index in [1.807, 2.05) is 0 Å². The van der Waals surface area contributed by atoms with Crippen LogP contribution >= 0.6 is 24.0 Å². The van der Waals surface area contributed by atoms with Crippen LogP contribution in [0.4, 0.5) is 0 Å². The highest BCUT2D eigenvalue weighted by Crippen LogP contribution is 2.14. The van der Waals surface area contributed by atoms with E-state index in [-0.39, 0.29) is 24.0 Å². The largest absolute Gasteiger partial charge is 0.381 e. The average Bonchev–Trinajstić information content (AvgIpc) is 2.61. The van der Waals surface area contributed by atoms with Crippen molar-refractivity contribution in [2.75, 3.05) is 26.3 Å². The predicted molar refractivity (Wildman–Crippen MR) is 102 cm³/mol. The second kappa shape index (κ2) is 10.1. The monoisotopic (exact) mass is 431 g/mol. The summed E-state index contributed by atoms with van der Waals surface area (Å²) in [6.45, 7) is 5.06.